The predicted molar refractivity (Wildman–Crippen MR) is 89.9 cm³/mol. The number of amides is 2. The molecule has 9 heteroatoms. The number of fused-ring (bicyclic) bond motifs is 1. The molecule has 4 heterocycles. The molecule has 0 spiro atoms. The molecule has 0 radical (unpaired) electrons. The van der Waals surface area contributed by atoms with E-state index in [-0.39, 0.29) is 13.0 Å². The average molecular weight is 357 g/mol. The molecule has 9 nitrogen and oxygen atoms in total. The largest absolute Gasteiger partial charge is 0.434 e. The van der Waals surface area contributed by atoms with Crippen molar-refractivity contribution in [3.63, 3.8) is 0 Å². The number of rotatable bonds is 3. The van der Waals surface area contributed by atoms with E-state index in [0.717, 1.165) is 22.9 Å². The van der Waals surface area contributed by atoms with Crippen LogP contribution in [0.1, 0.15) is 12.1 Å². The highest BCUT2D eigenvalue weighted by molar-refractivity contribution is 6.37. The Hall–Kier alpha value is -2.94. The minimum Gasteiger partial charge on any atom is -0.318 e. The molecule has 0 unspecified atom stereocenters. The fourth-order valence-corrected chi connectivity index (χ4v) is 3.21. The minimum absolute atomic E-state index is 0.0964. The van der Waals surface area contributed by atoms with Crippen LogP contribution in [0.3, 0.4) is 0 Å². The standard InChI is InChI=1S/C17H19N5O4/c23-14-4-6-22(16(14)24)26-17(25)20-9-7-19(8-10-20)12-13-11-18-15-3-1-2-5-21(13)15/h1-3,5,11H,4,6-10,12H2. The topological polar surface area (TPSA) is 87.5 Å². The van der Waals surface area contributed by atoms with Gasteiger partial charge >= 0.3 is 12.0 Å². The van der Waals surface area contributed by atoms with Crippen molar-refractivity contribution in [2.75, 3.05) is 32.7 Å². The van der Waals surface area contributed by atoms with Gasteiger partial charge in [-0.1, -0.05) is 6.07 Å². The third-order valence-electron chi connectivity index (χ3n) is 4.71. The normalized spacial score (nSPS) is 18.8. The van der Waals surface area contributed by atoms with Crippen LogP contribution >= 0.6 is 0 Å². The van der Waals surface area contributed by atoms with E-state index in [9.17, 15) is 14.4 Å². The minimum atomic E-state index is -0.746. The molecule has 2 saturated heterocycles. The summed E-state index contributed by atoms with van der Waals surface area (Å²) in [4.78, 5) is 48.1. The number of Topliss-reactive ketones (excluding diaryl/α,β-unsaturated/α-hetero) is 1. The second-order valence-corrected chi connectivity index (χ2v) is 6.38. The van der Waals surface area contributed by atoms with Crippen LogP contribution in [-0.2, 0) is 21.0 Å². The molecule has 0 atom stereocenters. The molecule has 0 bridgehead atoms. The average Bonchev–Trinajstić information content (AvgIpc) is 3.21. The van der Waals surface area contributed by atoms with Crippen LogP contribution in [0.5, 0.6) is 0 Å². The van der Waals surface area contributed by atoms with Crippen LogP contribution in [0.25, 0.3) is 5.65 Å². The molecule has 2 aromatic heterocycles. The molecule has 2 aromatic rings. The van der Waals surface area contributed by atoms with Crippen molar-refractivity contribution in [2.45, 2.75) is 13.0 Å². The Kier molecular flexibility index (Phi) is 4.29. The van der Waals surface area contributed by atoms with Crippen molar-refractivity contribution in [1.82, 2.24) is 24.2 Å². The summed E-state index contributed by atoms with van der Waals surface area (Å²) in [5, 5.41) is 0.857. The van der Waals surface area contributed by atoms with Gasteiger partial charge in [-0.25, -0.2) is 9.78 Å². The van der Waals surface area contributed by atoms with Gasteiger partial charge in [0.05, 0.1) is 18.4 Å². The molecule has 2 aliphatic heterocycles. The second kappa shape index (κ2) is 6.75. The summed E-state index contributed by atoms with van der Waals surface area (Å²) in [6.07, 6.45) is 3.37. The zero-order valence-corrected chi connectivity index (χ0v) is 14.2. The highest BCUT2D eigenvalue weighted by Gasteiger charge is 2.34. The summed E-state index contributed by atoms with van der Waals surface area (Å²) < 4.78 is 2.05. The lowest BCUT2D eigenvalue weighted by Gasteiger charge is -2.34. The lowest BCUT2D eigenvalue weighted by atomic mass is 10.3. The fraction of sp³-hybridized carbons (Fsp3) is 0.412. The third kappa shape index (κ3) is 3.13. The van der Waals surface area contributed by atoms with Gasteiger partial charge in [0, 0.05) is 45.3 Å². The van der Waals surface area contributed by atoms with Crippen molar-refractivity contribution in [2.24, 2.45) is 0 Å². The van der Waals surface area contributed by atoms with Gasteiger partial charge in [0.15, 0.2) is 0 Å². The number of pyridine rings is 1. The highest BCUT2D eigenvalue weighted by atomic mass is 16.7. The van der Waals surface area contributed by atoms with Gasteiger partial charge in [0.1, 0.15) is 5.65 Å². The SMILES string of the molecule is O=C1CCN(OC(=O)N2CCN(Cc3cnc4ccccn34)CC2)C1=O. The van der Waals surface area contributed by atoms with E-state index in [4.69, 9.17) is 4.84 Å². The van der Waals surface area contributed by atoms with Gasteiger partial charge in [-0.05, 0) is 12.1 Å². The number of nitrogens with zero attached hydrogens (tertiary/aromatic N) is 5. The van der Waals surface area contributed by atoms with Crippen molar-refractivity contribution in [1.29, 1.82) is 0 Å². The Bertz CT molecular complexity index is 856. The Labute approximate surface area is 149 Å². The molecule has 0 N–H and O–H groups in total. The maximum atomic E-state index is 12.2. The molecular weight excluding hydrogens is 338 g/mol. The number of hydroxylamine groups is 2. The monoisotopic (exact) mass is 357 g/mol. The van der Waals surface area contributed by atoms with Crippen molar-refractivity contribution in [3.05, 3.63) is 36.3 Å². The van der Waals surface area contributed by atoms with Crippen LogP contribution in [0.15, 0.2) is 30.6 Å². The molecule has 0 saturated carbocycles. The quantitative estimate of drug-likeness (QED) is 0.735. The summed E-state index contributed by atoms with van der Waals surface area (Å²) in [6.45, 7) is 3.28. The first-order chi connectivity index (χ1) is 12.6. The lowest BCUT2D eigenvalue weighted by Crippen LogP contribution is -2.50. The predicted octanol–water partition coefficient (Wildman–Crippen LogP) is 0.305. The van der Waals surface area contributed by atoms with Crippen LogP contribution in [0.4, 0.5) is 4.79 Å². The summed E-state index contributed by atoms with van der Waals surface area (Å²) in [5.74, 6) is -1.26. The van der Waals surface area contributed by atoms with Gasteiger partial charge in [-0.15, -0.1) is 0 Å². The zero-order valence-electron chi connectivity index (χ0n) is 14.2. The van der Waals surface area contributed by atoms with Gasteiger partial charge in [0.2, 0.25) is 5.78 Å². The summed E-state index contributed by atoms with van der Waals surface area (Å²) >= 11 is 0. The molecule has 136 valence electrons. The molecule has 4 rings (SSSR count). The van der Waals surface area contributed by atoms with E-state index in [1.54, 1.807) is 4.90 Å². The fourth-order valence-electron chi connectivity index (χ4n) is 3.21. The number of ketones is 1. The number of piperazine rings is 1. The molecule has 2 fully saturated rings. The zero-order chi connectivity index (χ0) is 18.1. The lowest BCUT2D eigenvalue weighted by molar-refractivity contribution is -0.164. The van der Waals surface area contributed by atoms with Gasteiger partial charge in [-0.3, -0.25) is 14.5 Å². The summed E-state index contributed by atoms with van der Waals surface area (Å²) in [7, 11) is 0. The van der Waals surface area contributed by atoms with Crippen LogP contribution in [0.2, 0.25) is 0 Å². The van der Waals surface area contributed by atoms with E-state index < -0.39 is 17.8 Å². The molecule has 0 aromatic carbocycles. The number of imidazole rings is 1. The summed E-state index contributed by atoms with van der Waals surface area (Å²) in [5.41, 5.74) is 2.01. The number of aromatic nitrogens is 2. The maximum absolute atomic E-state index is 12.2. The molecular formula is C17H19N5O4. The number of carbonyl (C=O) groups is 3. The molecule has 2 amide bonds. The Morgan fingerprint density at radius 3 is 2.65 bits per heavy atom. The Morgan fingerprint density at radius 1 is 1.12 bits per heavy atom. The Balaban J connectivity index is 1.30. The number of carbonyl (C=O) groups excluding carboxylic acids is 3. The molecule has 2 aliphatic rings. The third-order valence-corrected chi connectivity index (χ3v) is 4.71. The highest BCUT2D eigenvalue weighted by Crippen LogP contribution is 2.13. The maximum Gasteiger partial charge on any atom is 0.434 e. The van der Waals surface area contributed by atoms with Crippen LogP contribution < -0.4 is 0 Å². The second-order valence-electron chi connectivity index (χ2n) is 6.38. The van der Waals surface area contributed by atoms with E-state index in [1.165, 1.54) is 0 Å². The van der Waals surface area contributed by atoms with Gasteiger partial charge < -0.3 is 14.1 Å². The van der Waals surface area contributed by atoms with Crippen molar-refractivity contribution in [3.8, 4) is 0 Å². The van der Waals surface area contributed by atoms with Gasteiger partial charge in [-0.2, -0.15) is 5.06 Å². The van der Waals surface area contributed by atoms with E-state index >= 15 is 0 Å². The van der Waals surface area contributed by atoms with Crippen LogP contribution in [0, 0.1) is 0 Å². The van der Waals surface area contributed by atoms with Crippen molar-refractivity contribution < 1.29 is 19.2 Å². The van der Waals surface area contributed by atoms with E-state index in [0.29, 0.717) is 26.2 Å². The Morgan fingerprint density at radius 2 is 1.92 bits per heavy atom. The first-order valence-corrected chi connectivity index (χ1v) is 8.57. The van der Waals surface area contributed by atoms with Gasteiger partial charge in [0.25, 0.3) is 0 Å². The first kappa shape index (κ1) is 16.5. The molecule has 0 aliphatic carbocycles. The number of hydrogen-bond donors (Lipinski definition) is 0. The summed E-state index contributed by atoms with van der Waals surface area (Å²) in [6, 6.07) is 5.88. The van der Waals surface area contributed by atoms with E-state index in [1.807, 2.05) is 30.6 Å². The first-order valence-electron chi connectivity index (χ1n) is 8.57. The number of hydrogen-bond acceptors (Lipinski definition) is 6. The molecule has 26 heavy (non-hydrogen) atoms. The van der Waals surface area contributed by atoms with Crippen molar-refractivity contribution >= 4 is 23.4 Å². The van der Waals surface area contributed by atoms with E-state index in [2.05, 4.69) is 14.3 Å². The smallest absolute Gasteiger partial charge is 0.318 e. The van der Waals surface area contributed by atoms with Crippen LogP contribution in [-0.4, -0.2) is 74.8 Å².